The van der Waals surface area contributed by atoms with Crippen molar-refractivity contribution in [1.82, 2.24) is 5.32 Å². The molecule has 0 aliphatic heterocycles. The lowest BCUT2D eigenvalue weighted by Gasteiger charge is -2.14. The molecule has 1 amide bonds. The van der Waals surface area contributed by atoms with Crippen LogP contribution in [0.2, 0.25) is 0 Å². The number of hydrogen-bond acceptors (Lipinski definition) is 5. The van der Waals surface area contributed by atoms with Crippen LogP contribution in [-0.2, 0) is 19.4 Å². The highest BCUT2D eigenvalue weighted by Crippen LogP contribution is 2.21. The van der Waals surface area contributed by atoms with Crippen LogP contribution in [0.4, 0.5) is 10.1 Å². The molecular weight excluding hydrogens is 299 g/mol. The van der Waals surface area contributed by atoms with Gasteiger partial charge in [-0.25, -0.2) is 12.8 Å². The van der Waals surface area contributed by atoms with Gasteiger partial charge in [0.05, 0.1) is 0 Å². The van der Waals surface area contributed by atoms with Gasteiger partial charge in [0.25, 0.3) is 0 Å². The molecule has 0 aliphatic carbocycles. The molecular formula is C13H19FN2O4S. The topological polar surface area (TPSA) is 98.5 Å². The van der Waals surface area contributed by atoms with Crippen LogP contribution in [-0.4, -0.2) is 39.8 Å². The first-order valence-corrected chi connectivity index (χ1v) is 7.91. The SMILES string of the molecule is COCCCNC(=O)C(C)S(=O)(=O)c1ccc(N)cc1F. The first kappa shape index (κ1) is 17.4. The highest BCUT2D eigenvalue weighted by atomic mass is 32.2. The van der Waals surface area contributed by atoms with E-state index in [0.29, 0.717) is 13.0 Å². The van der Waals surface area contributed by atoms with Crippen molar-refractivity contribution >= 4 is 21.4 Å². The zero-order valence-electron chi connectivity index (χ0n) is 11.9. The van der Waals surface area contributed by atoms with Crippen molar-refractivity contribution in [3.8, 4) is 0 Å². The summed E-state index contributed by atoms with van der Waals surface area (Å²) >= 11 is 0. The molecule has 3 N–H and O–H groups in total. The van der Waals surface area contributed by atoms with Crippen molar-refractivity contribution in [2.75, 3.05) is 26.0 Å². The molecule has 1 aromatic carbocycles. The number of nitrogens with one attached hydrogen (secondary N) is 1. The monoisotopic (exact) mass is 318 g/mol. The van der Waals surface area contributed by atoms with Crippen LogP contribution in [0.3, 0.4) is 0 Å². The van der Waals surface area contributed by atoms with E-state index in [1.54, 1.807) is 0 Å². The smallest absolute Gasteiger partial charge is 0.238 e. The highest BCUT2D eigenvalue weighted by molar-refractivity contribution is 7.92. The Balaban J connectivity index is 2.84. The number of nitrogen functional groups attached to an aromatic ring is 1. The Morgan fingerprint density at radius 3 is 2.71 bits per heavy atom. The Kier molecular flexibility index (Phi) is 6.10. The normalized spacial score (nSPS) is 12.9. The number of nitrogens with two attached hydrogens (primary N) is 1. The summed E-state index contributed by atoms with van der Waals surface area (Å²) in [7, 11) is -2.58. The number of sulfone groups is 1. The van der Waals surface area contributed by atoms with Crippen molar-refractivity contribution in [2.45, 2.75) is 23.5 Å². The average Bonchev–Trinajstić information content (AvgIpc) is 2.42. The fourth-order valence-electron chi connectivity index (χ4n) is 1.65. The lowest BCUT2D eigenvalue weighted by Crippen LogP contribution is -2.38. The third kappa shape index (κ3) is 4.40. The van der Waals surface area contributed by atoms with E-state index < -0.39 is 31.7 Å². The standard InChI is InChI=1S/C13H19FN2O4S/c1-9(13(17)16-6-3-7-20-2)21(18,19)12-5-4-10(15)8-11(12)14/h4-5,8-9H,3,6-7,15H2,1-2H3,(H,16,17). The van der Waals surface area contributed by atoms with E-state index in [1.807, 2.05) is 0 Å². The summed E-state index contributed by atoms with van der Waals surface area (Å²) in [5.74, 6) is -1.64. The quantitative estimate of drug-likeness (QED) is 0.570. The van der Waals surface area contributed by atoms with Crippen LogP contribution in [0.25, 0.3) is 0 Å². The van der Waals surface area contributed by atoms with E-state index in [0.717, 1.165) is 12.1 Å². The van der Waals surface area contributed by atoms with Gasteiger partial charge in [-0.1, -0.05) is 0 Å². The van der Waals surface area contributed by atoms with E-state index in [9.17, 15) is 17.6 Å². The first-order valence-electron chi connectivity index (χ1n) is 6.36. The number of hydrogen-bond donors (Lipinski definition) is 2. The maximum Gasteiger partial charge on any atom is 0.238 e. The van der Waals surface area contributed by atoms with Crippen LogP contribution < -0.4 is 11.1 Å². The van der Waals surface area contributed by atoms with Crippen LogP contribution in [0, 0.1) is 5.82 Å². The van der Waals surface area contributed by atoms with Gasteiger partial charge in [-0.15, -0.1) is 0 Å². The second kappa shape index (κ2) is 7.37. The van der Waals surface area contributed by atoms with Gasteiger partial charge >= 0.3 is 0 Å². The number of carbonyl (C=O) groups is 1. The zero-order valence-corrected chi connectivity index (χ0v) is 12.7. The lowest BCUT2D eigenvalue weighted by molar-refractivity contribution is -0.120. The van der Waals surface area contributed by atoms with E-state index in [-0.39, 0.29) is 12.2 Å². The van der Waals surface area contributed by atoms with Gasteiger partial charge in [0, 0.05) is 25.9 Å². The molecule has 0 saturated carbocycles. The van der Waals surface area contributed by atoms with Gasteiger partial charge < -0.3 is 15.8 Å². The Morgan fingerprint density at radius 2 is 2.14 bits per heavy atom. The zero-order chi connectivity index (χ0) is 16.0. The number of carbonyl (C=O) groups excluding carboxylic acids is 1. The highest BCUT2D eigenvalue weighted by Gasteiger charge is 2.31. The molecule has 0 heterocycles. The van der Waals surface area contributed by atoms with Gasteiger partial charge in [0.1, 0.15) is 16.0 Å². The molecule has 1 unspecified atom stereocenters. The molecule has 0 fully saturated rings. The van der Waals surface area contributed by atoms with E-state index >= 15 is 0 Å². The number of amides is 1. The number of methoxy groups -OCH3 is 1. The molecule has 0 bridgehead atoms. The Bertz CT molecular complexity index is 604. The summed E-state index contributed by atoms with van der Waals surface area (Å²) in [4.78, 5) is 11.3. The van der Waals surface area contributed by atoms with E-state index in [4.69, 9.17) is 10.5 Å². The van der Waals surface area contributed by atoms with Crippen molar-refractivity contribution < 1.29 is 22.3 Å². The second-order valence-electron chi connectivity index (χ2n) is 4.51. The van der Waals surface area contributed by atoms with Gasteiger partial charge in [-0.2, -0.15) is 0 Å². The van der Waals surface area contributed by atoms with Crippen LogP contribution >= 0.6 is 0 Å². The molecule has 1 rings (SSSR count). The predicted molar refractivity (Wildman–Crippen MR) is 77.0 cm³/mol. The summed E-state index contributed by atoms with van der Waals surface area (Å²) in [6, 6.07) is 3.25. The molecule has 0 spiro atoms. The number of ether oxygens (including phenoxy) is 1. The summed E-state index contributed by atoms with van der Waals surface area (Å²) < 4.78 is 43.0. The van der Waals surface area contributed by atoms with Crippen LogP contribution in [0.1, 0.15) is 13.3 Å². The molecule has 1 atom stereocenters. The van der Waals surface area contributed by atoms with E-state index in [2.05, 4.69) is 5.32 Å². The minimum absolute atomic E-state index is 0.114. The summed E-state index contributed by atoms with van der Waals surface area (Å²) in [6.07, 6.45) is 0.561. The molecule has 0 aromatic heterocycles. The Labute approximate surface area is 123 Å². The van der Waals surface area contributed by atoms with Crippen molar-refractivity contribution in [3.63, 3.8) is 0 Å². The summed E-state index contributed by atoms with van der Waals surface area (Å²) in [5.41, 5.74) is 5.49. The van der Waals surface area contributed by atoms with Gasteiger partial charge in [0.15, 0.2) is 9.84 Å². The molecule has 8 heteroatoms. The van der Waals surface area contributed by atoms with Crippen LogP contribution in [0.5, 0.6) is 0 Å². The Morgan fingerprint density at radius 1 is 1.48 bits per heavy atom. The fourth-order valence-corrected chi connectivity index (χ4v) is 2.99. The lowest BCUT2D eigenvalue weighted by atomic mass is 10.3. The van der Waals surface area contributed by atoms with Gasteiger partial charge in [0.2, 0.25) is 5.91 Å². The number of halogens is 1. The third-order valence-corrected chi connectivity index (χ3v) is 5.01. The Hall–Kier alpha value is -1.67. The first-order chi connectivity index (χ1) is 9.80. The molecule has 0 aliphatic rings. The van der Waals surface area contributed by atoms with E-state index in [1.165, 1.54) is 20.1 Å². The van der Waals surface area contributed by atoms with Crippen molar-refractivity contribution in [2.24, 2.45) is 0 Å². The van der Waals surface area contributed by atoms with Gasteiger partial charge in [-0.05, 0) is 31.5 Å². The number of rotatable bonds is 7. The number of anilines is 1. The van der Waals surface area contributed by atoms with Gasteiger partial charge in [-0.3, -0.25) is 4.79 Å². The van der Waals surface area contributed by atoms with Crippen LogP contribution in [0.15, 0.2) is 23.1 Å². The largest absolute Gasteiger partial charge is 0.399 e. The summed E-state index contributed by atoms with van der Waals surface area (Å²) in [6.45, 7) is 1.96. The fraction of sp³-hybridized carbons (Fsp3) is 0.462. The van der Waals surface area contributed by atoms with Crippen molar-refractivity contribution in [3.05, 3.63) is 24.0 Å². The maximum atomic E-state index is 13.7. The maximum absolute atomic E-state index is 13.7. The molecule has 1 aromatic rings. The second-order valence-corrected chi connectivity index (χ2v) is 6.75. The molecule has 0 radical (unpaired) electrons. The third-order valence-electron chi connectivity index (χ3n) is 2.92. The van der Waals surface area contributed by atoms with Crippen molar-refractivity contribution in [1.29, 1.82) is 0 Å². The predicted octanol–water partition coefficient (Wildman–Crippen LogP) is 0.723. The molecule has 6 nitrogen and oxygen atoms in total. The molecule has 21 heavy (non-hydrogen) atoms. The minimum Gasteiger partial charge on any atom is -0.399 e. The molecule has 118 valence electrons. The minimum atomic E-state index is -4.10. The average molecular weight is 318 g/mol. The molecule has 0 saturated heterocycles. The number of benzene rings is 1. The summed E-state index contributed by atoms with van der Waals surface area (Å²) in [5, 5.41) is 1.09.